The minimum Gasteiger partial charge on any atom is -0.481 e. The topological polar surface area (TPSA) is 50.2 Å². The first-order valence-electron chi connectivity index (χ1n) is 5.46. The van der Waals surface area contributed by atoms with Crippen molar-refractivity contribution in [2.45, 2.75) is 34.1 Å². The third kappa shape index (κ3) is 3.33. The van der Waals surface area contributed by atoms with E-state index in [9.17, 15) is 9.90 Å². The van der Waals surface area contributed by atoms with E-state index >= 15 is 0 Å². The molecule has 1 atom stereocenters. The number of nitrogens with zero attached hydrogens (tertiary/aromatic N) is 1. The standard InChI is InChI=1S/C13H19NO2/c1-9-6-5-7-10(14-9)8-11(12(15)16)13(2,3)4/h5-7,11H,8H2,1-4H3,(H,15,16). The molecule has 1 aromatic rings. The van der Waals surface area contributed by atoms with E-state index in [2.05, 4.69) is 4.98 Å². The summed E-state index contributed by atoms with van der Waals surface area (Å²) in [7, 11) is 0. The van der Waals surface area contributed by atoms with E-state index < -0.39 is 11.9 Å². The SMILES string of the molecule is Cc1cccc(CC(C(=O)O)C(C)(C)C)n1. The number of aromatic nitrogens is 1. The molecule has 3 heteroatoms. The van der Waals surface area contributed by atoms with Gasteiger partial charge in [0, 0.05) is 17.8 Å². The van der Waals surface area contributed by atoms with Crippen LogP contribution in [0.5, 0.6) is 0 Å². The maximum Gasteiger partial charge on any atom is 0.307 e. The fourth-order valence-electron chi connectivity index (χ4n) is 1.69. The zero-order chi connectivity index (χ0) is 12.3. The third-order valence-corrected chi connectivity index (χ3v) is 2.70. The van der Waals surface area contributed by atoms with Crippen LogP contribution in [-0.4, -0.2) is 16.1 Å². The predicted molar refractivity (Wildman–Crippen MR) is 63.3 cm³/mol. The van der Waals surface area contributed by atoms with Crippen LogP contribution in [0.25, 0.3) is 0 Å². The summed E-state index contributed by atoms with van der Waals surface area (Å²) in [5.74, 6) is -1.15. The highest BCUT2D eigenvalue weighted by Gasteiger charge is 2.31. The molecular formula is C13H19NO2. The van der Waals surface area contributed by atoms with Crippen LogP contribution in [0.4, 0.5) is 0 Å². The van der Waals surface area contributed by atoms with E-state index in [4.69, 9.17) is 0 Å². The quantitative estimate of drug-likeness (QED) is 0.853. The lowest BCUT2D eigenvalue weighted by Gasteiger charge is -2.26. The van der Waals surface area contributed by atoms with Gasteiger partial charge in [-0.15, -0.1) is 0 Å². The number of rotatable bonds is 3. The van der Waals surface area contributed by atoms with Crippen molar-refractivity contribution in [1.29, 1.82) is 0 Å². The molecule has 0 aromatic carbocycles. The Morgan fingerprint density at radius 3 is 2.50 bits per heavy atom. The smallest absolute Gasteiger partial charge is 0.307 e. The van der Waals surface area contributed by atoms with E-state index in [0.29, 0.717) is 6.42 Å². The molecule has 1 N–H and O–H groups in total. The number of hydrogen-bond donors (Lipinski definition) is 1. The Bertz CT molecular complexity index is 380. The second-order valence-electron chi connectivity index (χ2n) is 5.23. The summed E-state index contributed by atoms with van der Waals surface area (Å²) in [6.45, 7) is 7.75. The molecule has 0 radical (unpaired) electrons. The highest BCUT2D eigenvalue weighted by Crippen LogP contribution is 2.28. The molecule has 16 heavy (non-hydrogen) atoms. The first kappa shape index (κ1) is 12.7. The molecule has 0 aliphatic heterocycles. The number of hydrogen-bond acceptors (Lipinski definition) is 2. The second kappa shape index (κ2) is 4.64. The molecule has 3 nitrogen and oxygen atoms in total. The Labute approximate surface area is 96.5 Å². The Balaban J connectivity index is 2.89. The molecule has 0 bridgehead atoms. The maximum absolute atomic E-state index is 11.2. The summed E-state index contributed by atoms with van der Waals surface area (Å²) in [5, 5.41) is 9.21. The molecule has 0 amide bonds. The van der Waals surface area contributed by atoms with E-state index in [0.717, 1.165) is 11.4 Å². The zero-order valence-electron chi connectivity index (χ0n) is 10.3. The van der Waals surface area contributed by atoms with Crippen molar-refractivity contribution in [3.05, 3.63) is 29.6 Å². The summed E-state index contributed by atoms with van der Waals surface area (Å²) < 4.78 is 0. The third-order valence-electron chi connectivity index (χ3n) is 2.70. The molecule has 1 aromatic heterocycles. The Morgan fingerprint density at radius 1 is 1.44 bits per heavy atom. The van der Waals surface area contributed by atoms with Crippen molar-refractivity contribution < 1.29 is 9.90 Å². The van der Waals surface area contributed by atoms with Crippen LogP contribution < -0.4 is 0 Å². The highest BCUT2D eigenvalue weighted by atomic mass is 16.4. The van der Waals surface area contributed by atoms with Gasteiger partial charge in [-0.25, -0.2) is 0 Å². The predicted octanol–water partition coefficient (Wildman–Crippen LogP) is 2.68. The first-order valence-corrected chi connectivity index (χ1v) is 5.46. The lowest BCUT2D eigenvalue weighted by molar-refractivity contribution is -0.145. The van der Waals surface area contributed by atoms with Crippen molar-refractivity contribution >= 4 is 5.97 Å². The molecule has 0 saturated heterocycles. The molecular weight excluding hydrogens is 202 g/mol. The molecule has 0 aliphatic rings. The molecule has 0 fully saturated rings. The van der Waals surface area contributed by atoms with Gasteiger partial charge in [0.1, 0.15) is 0 Å². The van der Waals surface area contributed by atoms with Gasteiger partial charge >= 0.3 is 5.97 Å². The van der Waals surface area contributed by atoms with Gasteiger partial charge in [0.15, 0.2) is 0 Å². The highest BCUT2D eigenvalue weighted by molar-refractivity contribution is 5.71. The van der Waals surface area contributed by atoms with Gasteiger partial charge in [-0.05, 0) is 24.5 Å². The summed E-state index contributed by atoms with van der Waals surface area (Å²) in [6, 6.07) is 5.71. The minimum atomic E-state index is -0.754. The van der Waals surface area contributed by atoms with Gasteiger partial charge in [0.25, 0.3) is 0 Å². The van der Waals surface area contributed by atoms with Crippen LogP contribution >= 0.6 is 0 Å². The van der Waals surface area contributed by atoms with Gasteiger partial charge in [-0.2, -0.15) is 0 Å². The molecule has 1 heterocycles. The number of carboxylic acid groups (broad SMARTS) is 1. The van der Waals surface area contributed by atoms with Crippen molar-refractivity contribution in [1.82, 2.24) is 4.98 Å². The molecule has 1 rings (SSSR count). The number of carbonyl (C=O) groups is 1. The van der Waals surface area contributed by atoms with E-state index in [-0.39, 0.29) is 5.41 Å². The number of aliphatic carboxylic acids is 1. The van der Waals surface area contributed by atoms with Gasteiger partial charge in [0.05, 0.1) is 5.92 Å². The summed E-state index contributed by atoms with van der Waals surface area (Å²) in [4.78, 5) is 15.6. The Hall–Kier alpha value is -1.38. The Morgan fingerprint density at radius 2 is 2.06 bits per heavy atom. The number of pyridine rings is 1. The van der Waals surface area contributed by atoms with Crippen LogP contribution in [0.15, 0.2) is 18.2 Å². The lowest BCUT2D eigenvalue weighted by atomic mass is 9.78. The average Bonchev–Trinajstić information content (AvgIpc) is 2.12. The normalized spacial score (nSPS) is 13.5. The van der Waals surface area contributed by atoms with Crippen LogP contribution in [-0.2, 0) is 11.2 Å². The van der Waals surface area contributed by atoms with Crippen molar-refractivity contribution in [3.63, 3.8) is 0 Å². The van der Waals surface area contributed by atoms with Crippen LogP contribution in [0.2, 0.25) is 0 Å². The van der Waals surface area contributed by atoms with E-state index in [1.54, 1.807) is 0 Å². The lowest BCUT2D eigenvalue weighted by Crippen LogP contribution is -2.30. The largest absolute Gasteiger partial charge is 0.481 e. The summed E-state index contributed by atoms with van der Waals surface area (Å²) >= 11 is 0. The molecule has 88 valence electrons. The number of aryl methyl sites for hydroxylation is 1. The van der Waals surface area contributed by atoms with E-state index in [1.807, 2.05) is 45.9 Å². The Kier molecular flexibility index (Phi) is 3.68. The van der Waals surface area contributed by atoms with Crippen molar-refractivity contribution in [2.75, 3.05) is 0 Å². The minimum absolute atomic E-state index is 0.253. The summed E-state index contributed by atoms with van der Waals surface area (Å²) in [5.41, 5.74) is 1.52. The molecule has 0 aliphatic carbocycles. The zero-order valence-corrected chi connectivity index (χ0v) is 10.3. The average molecular weight is 221 g/mol. The number of carboxylic acids is 1. The second-order valence-corrected chi connectivity index (χ2v) is 5.23. The van der Waals surface area contributed by atoms with E-state index in [1.165, 1.54) is 0 Å². The monoisotopic (exact) mass is 221 g/mol. The van der Waals surface area contributed by atoms with Crippen LogP contribution in [0, 0.1) is 18.3 Å². The maximum atomic E-state index is 11.2. The molecule has 0 saturated carbocycles. The molecule has 0 spiro atoms. The summed E-state index contributed by atoms with van der Waals surface area (Å²) in [6.07, 6.45) is 0.487. The first-order chi connectivity index (χ1) is 7.30. The van der Waals surface area contributed by atoms with Crippen molar-refractivity contribution in [3.8, 4) is 0 Å². The van der Waals surface area contributed by atoms with Gasteiger partial charge in [-0.3, -0.25) is 9.78 Å². The van der Waals surface area contributed by atoms with Crippen LogP contribution in [0.3, 0.4) is 0 Å². The van der Waals surface area contributed by atoms with Crippen molar-refractivity contribution in [2.24, 2.45) is 11.3 Å². The van der Waals surface area contributed by atoms with Gasteiger partial charge in [-0.1, -0.05) is 26.8 Å². The van der Waals surface area contributed by atoms with Crippen LogP contribution in [0.1, 0.15) is 32.2 Å². The molecule has 1 unspecified atom stereocenters. The van der Waals surface area contributed by atoms with Gasteiger partial charge in [0.2, 0.25) is 0 Å². The fraction of sp³-hybridized carbons (Fsp3) is 0.538. The fourth-order valence-corrected chi connectivity index (χ4v) is 1.69. The van der Waals surface area contributed by atoms with Gasteiger partial charge < -0.3 is 5.11 Å².